The van der Waals surface area contributed by atoms with Gasteiger partial charge in [-0.25, -0.2) is 5.21 Å². The van der Waals surface area contributed by atoms with Gasteiger partial charge in [0, 0.05) is 5.92 Å². The molecule has 1 fully saturated rings. The van der Waals surface area contributed by atoms with Gasteiger partial charge in [-0.1, -0.05) is 27.2 Å². The van der Waals surface area contributed by atoms with Crippen molar-refractivity contribution in [2.45, 2.75) is 33.6 Å². The maximum atomic E-state index is 10.3. The van der Waals surface area contributed by atoms with Crippen LogP contribution in [0.1, 0.15) is 33.6 Å². The first-order valence-corrected chi connectivity index (χ1v) is 6.18. The molecule has 1 unspecified atom stereocenters. The van der Waals surface area contributed by atoms with Gasteiger partial charge in [-0.3, -0.25) is 0 Å². The lowest BCUT2D eigenvalue weighted by Gasteiger charge is -2.35. The maximum absolute atomic E-state index is 10.3. The van der Waals surface area contributed by atoms with Gasteiger partial charge < -0.3 is 4.74 Å². The molecule has 0 amide bonds. The van der Waals surface area contributed by atoms with Crippen LogP contribution in [0.15, 0.2) is 0 Å². The largest absolute Gasteiger partial charge is 0.370 e. The highest BCUT2D eigenvalue weighted by molar-refractivity contribution is 4.56. The van der Waals surface area contributed by atoms with E-state index >= 15 is 0 Å². The van der Waals surface area contributed by atoms with Gasteiger partial charge in [0.2, 0.25) is 0 Å². The Morgan fingerprint density at radius 1 is 1.13 bits per heavy atom. The second kappa shape index (κ2) is 5.83. The number of hydrogen-bond donors (Lipinski definition) is 1. The molecular weight excluding hydrogens is 190 g/mol. The summed E-state index contributed by atoms with van der Waals surface area (Å²) >= 11 is 0. The summed E-state index contributed by atoms with van der Waals surface area (Å²) in [4.78, 5) is 0. The molecule has 0 bridgehead atoms. The summed E-state index contributed by atoms with van der Waals surface area (Å²) in [7, 11) is 0. The zero-order valence-electron chi connectivity index (χ0n) is 10.4. The van der Waals surface area contributed by atoms with E-state index in [2.05, 4.69) is 20.8 Å². The van der Waals surface area contributed by atoms with Crippen LogP contribution in [0.25, 0.3) is 0 Å². The Morgan fingerprint density at radius 2 is 1.73 bits per heavy atom. The minimum Gasteiger partial charge on any atom is -0.370 e. The van der Waals surface area contributed by atoms with Crippen LogP contribution in [-0.2, 0) is 4.74 Å². The van der Waals surface area contributed by atoms with Gasteiger partial charge >= 0.3 is 0 Å². The SMILES string of the molecule is CC(C)CCC(C)C[N+]1(O)CCOCC1. The minimum absolute atomic E-state index is 0.221. The van der Waals surface area contributed by atoms with Gasteiger partial charge in [0.05, 0.1) is 13.2 Å². The molecule has 15 heavy (non-hydrogen) atoms. The lowest BCUT2D eigenvalue weighted by Crippen LogP contribution is -2.54. The average Bonchev–Trinajstić information content (AvgIpc) is 2.15. The van der Waals surface area contributed by atoms with E-state index in [0.29, 0.717) is 19.1 Å². The van der Waals surface area contributed by atoms with Crippen LogP contribution in [0.4, 0.5) is 0 Å². The first kappa shape index (κ1) is 12.9. The normalized spacial score (nSPS) is 23.0. The zero-order chi connectivity index (χ0) is 11.3. The van der Waals surface area contributed by atoms with E-state index in [1.54, 1.807) is 0 Å². The van der Waals surface area contributed by atoms with Crippen LogP contribution in [-0.4, -0.2) is 42.7 Å². The molecule has 1 N–H and O–H groups in total. The Morgan fingerprint density at radius 3 is 2.27 bits per heavy atom. The van der Waals surface area contributed by atoms with Crippen LogP contribution in [0.5, 0.6) is 0 Å². The number of morpholine rings is 1. The van der Waals surface area contributed by atoms with Crippen LogP contribution < -0.4 is 0 Å². The fraction of sp³-hybridized carbons (Fsp3) is 1.00. The van der Waals surface area contributed by atoms with E-state index in [1.807, 2.05) is 0 Å². The highest BCUT2D eigenvalue weighted by Crippen LogP contribution is 2.17. The number of quaternary nitrogens is 1. The third-order valence-corrected chi connectivity index (χ3v) is 3.19. The monoisotopic (exact) mass is 216 g/mol. The van der Waals surface area contributed by atoms with Gasteiger partial charge in [0.15, 0.2) is 0 Å². The van der Waals surface area contributed by atoms with Crippen molar-refractivity contribution in [2.75, 3.05) is 32.8 Å². The van der Waals surface area contributed by atoms with E-state index in [-0.39, 0.29) is 4.65 Å². The van der Waals surface area contributed by atoms with Crippen molar-refractivity contribution < 1.29 is 14.6 Å². The Kier molecular flexibility index (Phi) is 5.03. The van der Waals surface area contributed by atoms with Crippen LogP contribution in [0.2, 0.25) is 0 Å². The number of hydrogen-bond acceptors (Lipinski definition) is 2. The van der Waals surface area contributed by atoms with E-state index < -0.39 is 0 Å². The van der Waals surface area contributed by atoms with Crippen molar-refractivity contribution >= 4 is 0 Å². The number of hydroxylamine groups is 3. The molecule has 0 saturated carbocycles. The minimum atomic E-state index is 0.221. The smallest absolute Gasteiger partial charge is 0.132 e. The van der Waals surface area contributed by atoms with Crippen molar-refractivity contribution in [3.05, 3.63) is 0 Å². The highest BCUT2D eigenvalue weighted by atomic mass is 16.6. The van der Waals surface area contributed by atoms with Crippen molar-refractivity contribution in [1.82, 2.24) is 0 Å². The number of nitrogens with zero attached hydrogens (tertiary/aromatic N) is 1. The molecule has 90 valence electrons. The van der Waals surface area contributed by atoms with Crippen LogP contribution in [0, 0.1) is 11.8 Å². The van der Waals surface area contributed by atoms with Crippen molar-refractivity contribution in [3.8, 4) is 0 Å². The first-order valence-electron chi connectivity index (χ1n) is 6.18. The molecule has 1 heterocycles. The standard InChI is InChI=1S/C12H26NO2/c1-11(2)4-5-12(3)10-13(14)6-8-15-9-7-13/h11-12,14H,4-10H2,1-3H3/q+1. The molecule has 1 rings (SSSR count). The van der Waals surface area contributed by atoms with E-state index in [1.165, 1.54) is 12.8 Å². The molecule has 0 spiro atoms. The van der Waals surface area contributed by atoms with Gasteiger partial charge in [0.25, 0.3) is 0 Å². The van der Waals surface area contributed by atoms with Gasteiger partial charge in [-0.2, -0.15) is 4.65 Å². The molecule has 0 aromatic heterocycles. The molecule has 0 aliphatic carbocycles. The van der Waals surface area contributed by atoms with E-state index in [4.69, 9.17) is 4.74 Å². The summed E-state index contributed by atoms with van der Waals surface area (Å²) in [5, 5.41) is 10.3. The predicted molar refractivity (Wildman–Crippen MR) is 60.7 cm³/mol. The quantitative estimate of drug-likeness (QED) is 0.715. The fourth-order valence-corrected chi connectivity index (χ4v) is 2.15. The lowest BCUT2D eigenvalue weighted by molar-refractivity contribution is -1.11. The summed E-state index contributed by atoms with van der Waals surface area (Å²) in [6.45, 7) is 10.6. The maximum Gasteiger partial charge on any atom is 0.132 e. The summed E-state index contributed by atoms with van der Waals surface area (Å²) < 4.78 is 5.49. The molecule has 1 atom stereocenters. The summed E-state index contributed by atoms with van der Waals surface area (Å²) in [5.41, 5.74) is 0. The lowest BCUT2D eigenvalue weighted by atomic mass is 9.98. The van der Waals surface area contributed by atoms with Crippen LogP contribution >= 0.6 is 0 Å². The fourth-order valence-electron chi connectivity index (χ4n) is 2.15. The topological polar surface area (TPSA) is 29.5 Å². The molecule has 1 aliphatic heterocycles. The van der Waals surface area contributed by atoms with Crippen molar-refractivity contribution in [1.29, 1.82) is 0 Å². The highest BCUT2D eigenvalue weighted by Gasteiger charge is 2.30. The van der Waals surface area contributed by atoms with E-state index in [0.717, 1.165) is 25.6 Å². The van der Waals surface area contributed by atoms with Gasteiger partial charge in [-0.15, -0.1) is 0 Å². The van der Waals surface area contributed by atoms with Crippen LogP contribution in [0.3, 0.4) is 0 Å². The summed E-state index contributed by atoms with van der Waals surface area (Å²) in [6.07, 6.45) is 2.48. The second-order valence-corrected chi connectivity index (χ2v) is 5.41. The Balaban J connectivity index is 2.25. The molecule has 3 heteroatoms. The van der Waals surface area contributed by atoms with Crippen molar-refractivity contribution in [3.63, 3.8) is 0 Å². The third-order valence-electron chi connectivity index (χ3n) is 3.19. The Labute approximate surface area is 93.6 Å². The average molecular weight is 216 g/mol. The molecule has 0 aromatic rings. The molecular formula is C12H26NO2+. The molecule has 3 nitrogen and oxygen atoms in total. The second-order valence-electron chi connectivity index (χ2n) is 5.41. The van der Waals surface area contributed by atoms with E-state index in [9.17, 15) is 5.21 Å². The van der Waals surface area contributed by atoms with Gasteiger partial charge in [-0.05, 0) is 12.3 Å². The zero-order valence-corrected chi connectivity index (χ0v) is 10.4. The summed E-state index contributed by atoms with van der Waals surface area (Å²) in [5.74, 6) is 1.37. The predicted octanol–water partition coefficient (Wildman–Crippen LogP) is 2.29. The van der Waals surface area contributed by atoms with Crippen molar-refractivity contribution in [2.24, 2.45) is 11.8 Å². The Hall–Kier alpha value is -0.120. The van der Waals surface area contributed by atoms with Gasteiger partial charge in [0.1, 0.15) is 19.6 Å². The number of rotatable bonds is 5. The summed E-state index contributed by atoms with van der Waals surface area (Å²) in [6, 6.07) is 0. The molecule has 0 radical (unpaired) electrons. The number of ether oxygens (including phenoxy) is 1. The Bertz CT molecular complexity index is 176. The molecule has 0 aromatic carbocycles. The molecule has 1 saturated heterocycles. The first-order chi connectivity index (χ1) is 7.02. The molecule has 1 aliphatic rings. The third kappa shape index (κ3) is 4.96.